The van der Waals surface area contributed by atoms with Crippen molar-refractivity contribution >= 4 is 11.1 Å². The highest BCUT2D eigenvalue weighted by Crippen LogP contribution is 2.48. The smallest absolute Gasteiger partial charge is 0.408 e. The second-order valence-corrected chi connectivity index (χ2v) is 10.5. The van der Waals surface area contributed by atoms with Gasteiger partial charge in [0.15, 0.2) is 5.58 Å². The van der Waals surface area contributed by atoms with Crippen molar-refractivity contribution in [3.8, 4) is 6.07 Å². The summed E-state index contributed by atoms with van der Waals surface area (Å²) in [5.41, 5.74) is 2.64. The van der Waals surface area contributed by atoms with Crippen LogP contribution in [0.5, 0.6) is 0 Å². The normalized spacial score (nSPS) is 20.3. The summed E-state index contributed by atoms with van der Waals surface area (Å²) in [7, 11) is 1.69. The second-order valence-electron chi connectivity index (χ2n) is 10.5. The van der Waals surface area contributed by atoms with Gasteiger partial charge in [0.25, 0.3) is 0 Å². The summed E-state index contributed by atoms with van der Waals surface area (Å²) < 4.78 is 46.6. The summed E-state index contributed by atoms with van der Waals surface area (Å²) >= 11 is 0. The van der Waals surface area contributed by atoms with Crippen LogP contribution in [0.25, 0.3) is 11.1 Å². The van der Waals surface area contributed by atoms with E-state index >= 15 is 0 Å². The molecule has 0 bridgehead atoms. The highest BCUT2D eigenvalue weighted by Gasteiger charge is 2.44. The van der Waals surface area contributed by atoms with Crippen molar-refractivity contribution in [3.63, 3.8) is 0 Å². The van der Waals surface area contributed by atoms with E-state index in [2.05, 4.69) is 16.8 Å². The van der Waals surface area contributed by atoms with Crippen molar-refractivity contribution in [3.05, 3.63) is 81.5 Å². The lowest BCUT2D eigenvalue weighted by Gasteiger charge is -2.33. The summed E-state index contributed by atoms with van der Waals surface area (Å²) in [5, 5.41) is 12.5. The van der Waals surface area contributed by atoms with Gasteiger partial charge in [0.05, 0.1) is 22.7 Å². The first-order valence-electron chi connectivity index (χ1n) is 12.4. The number of fused-ring (bicyclic) bond motifs is 1. The number of oxazole rings is 1. The third-order valence-electron chi connectivity index (χ3n) is 7.67. The van der Waals surface area contributed by atoms with Gasteiger partial charge in [0.2, 0.25) is 0 Å². The molecule has 2 fully saturated rings. The van der Waals surface area contributed by atoms with Crippen molar-refractivity contribution in [1.29, 1.82) is 5.26 Å². The molecule has 6 nitrogen and oxygen atoms in total. The maximum atomic E-state index is 13.3. The summed E-state index contributed by atoms with van der Waals surface area (Å²) in [5.74, 6) is 0.260. The molecule has 1 aromatic heterocycles. The number of halogens is 3. The van der Waals surface area contributed by atoms with Crippen LogP contribution in [0.3, 0.4) is 0 Å². The standard InChI is InChI=1S/C28H29F3N4O2/c1-18(33-15-22-9-21(14-32)10-23(11-22)28(29,30)31)27(13-19-3-4-19)7-8-35(17-27)16-20-5-6-25-24(12-20)34(2)26(36)37-25/h5-6,9-12,19,33H,1,3-4,7-8,13,15-17H2,2H3. The number of aryl methyl sites for hydroxylation is 1. The summed E-state index contributed by atoms with van der Waals surface area (Å²) in [4.78, 5) is 14.2. The number of nitriles is 1. The third kappa shape index (κ3) is 5.30. The Hall–Kier alpha value is -3.51. The highest BCUT2D eigenvalue weighted by atomic mass is 19.4. The van der Waals surface area contributed by atoms with Gasteiger partial charge >= 0.3 is 11.9 Å². The van der Waals surface area contributed by atoms with E-state index in [0.717, 1.165) is 54.8 Å². The van der Waals surface area contributed by atoms with Gasteiger partial charge in [-0.25, -0.2) is 4.79 Å². The molecule has 1 saturated heterocycles. The first kappa shape index (κ1) is 25.2. The molecule has 1 unspecified atom stereocenters. The van der Waals surface area contributed by atoms with Gasteiger partial charge in [-0.15, -0.1) is 0 Å². The van der Waals surface area contributed by atoms with Crippen LogP contribution in [0.1, 0.15) is 47.9 Å². The van der Waals surface area contributed by atoms with Crippen LogP contribution in [-0.2, 0) is 26.3 Å². The number of alkyl halides is 3. The number of likely N-dealkylation sites (tertiary alicyclic amines) is 1. The van der Waals surface area contributed by atoms with Gasteiger partial charge < -0.3 is 9.73 Å². The fraction of sp³-hybridized carbons (Fsp3) is 0.429. The van der Waals surface area contributed by atoms with Crippen LogP contribution in [0.2, 0.25) is 0 Å². The molecule has 2 heterocycles. The number of rotatable bonds is 8. The first-order valence-corrected chi connectivity index (χ1v) is 12.4. The molecule has 1 aliphatic carbocycles. The molecule has 9 heteroatoms. The lowest BCUT2D eigenvalue weighted by Crippen LogP contribution is -2.35. The molecule has 1 aliphatic heterocycles. The average Bonchev–Trinajstić information content (AvgIpc) is 3.51. The monoisotopic (exact) mass is 510 g/mol. The van der Waals surface area contributed by atoms with Crippen molar-refractivity contribution < 1.29 is 17.6 Å². The van der Waals surface area contributed by atoms with Crippen molar-refractivity contribution in [2.24, 2.45) is 18.4 Å². The lowest BCUT2D eigenvalue weighted by atomic mass is 9.78. The van der Waals surface area contributed by atoms with Crippen LogP contribution in [0.15, 0.2) is 57.9 Å². The lowest BCUT2D eigenvalue weighted by molar-refractivity contribution is -0.137. The largest absolute Gasteiger partial charge is 0.419 e. The van der Waals surface area contributed by atoms with Gasteiger partial charge in [-0.05, 0) is 66.8 Å². The van der Waals surface area contributed by atoms with Crippen molar-refractivity contribution in [2.75, 3.05) is 13.1 Å². The topological polar surface area (TPSA) is 74.2 Å². The fourth-order valence-electron chi connectivity index (χ4n) is 5.45. The Morgan fingerprint density at radius 3 is 2.73 bits per heavy atom. The number of nitrogens with zero attached hydrogens (tertiary/aromatic N) is 3. The molecule has 0 amide bonds. The van der Waals surface area contributed by atoms with Gasteiger partial charge in [0.1, 0.15) is 0 Å². The van der Waals surface area contributed by atoms with E-state index in [9.17, 15) is 23.2 Å². The van der Waals surface area contributed by atoms with E-state index in [0.29, 0.717) is 23.6 Å². The van der Waals surface area contributed by atoms with Crippen LogP contribution in [0, 0.1) is 22.7 Å². The maximum Gasteiger partial charge on any atom is 0.419 e. The Kier molecular flexibility index (Phi) is 6.40. The minimum Gasteiger partial charge on any atom is -0.408 e. The molecule has 194 valence electrons. The molecule has 1 atom stereocenters. The molecule has 0 spiro atoms. The highest BCUT2D eigenvalue weighted by molar-refractivity contribution is 5.73. The minimum absolute atomic E-state index is 0.0101. The summed E-state index contributed by atoms with van der Waals surface area (Å²) in [6, 6.07) is 11.1. The Labute approximate surface area is 213 Å². The molecule has 37 heavy (non-hydrogen) atoms. The molecular formula is C28H29F3N4O2. The number of nitrogens with one attached hydrogen (secondary N) is 1. The van der Waals surface area contributed by atoms with Crippen LogP contribution >= 0.6 is 0 Å². The molecule has 2 aromatic carbocycles. The van der Waals surface area contributed by atoms with Crippen molar-refractivity contribution in [1.82, 2.24) is 14.8 Å². The zero-order chi connectivity index (χ0) is 26.4. The van der Waals surface area contributed by atoms with E-state index < -0.39 is 11.7 Å². The Bertz CT molecular complexity index is 1440. The van der Waals surface area contributed by atoms with Crippen molar-refractivity contribution in [2.45, 2.75) is 44.9 Å². The Morgan fingerprint density at radius 2 is 2.03 bits per heavy atom. The van der Waals surface area contributed by atoms with Gasteiger partial charge in [-0.1, -0.05) is 25.5 Å². The van der Waals surface area contributed by atoms with Gasteiger partial charge in [0, 0.05) is 37.8 Å². The Balaban J connectivity index is 1.30. The third-order valence-corrected chi connectivity index (χ3v) is 7.67. The molecule has 1 saturated carbocycles. The SMILES string of the molecule is C=C(NCc1cc(C#N)cc(C(F)(F)F)c1)C1(CC2CC2)CCN(Cc2ccc3oc(=O)n(C)c3c2)C1. The predicted molar refractivity (Wildman–Crippen MR) is 133 cm³/mol. The first-order chi connectivity index (χ1) is 17.6. The fourth-order valence-corrected chi connectivity index (χ4v) is 5.45. The molecular weight excluding hydrogens is 481 g/mol. The molecule has 0 radical (unpaired) electrons. The molecule has 1 N–H and O–H groups in total. The summed E-state index contributed by atoms with van der Waals surface area (Å²) in [6.45, 7) is 6.90. The van der Waals surface area contributed by atoms with E-state index in [4.69, 9.17) is 4.42 Å². The number of hydrogen-bond donors (Lipinski definition) is 1. The maximum absolute atomic E-state index is 13.3. The van der Waals surface area contributed by atoms with Crippen LogP contribution in [0.4, 0.5) is 13.2 Å². The van der Waals surface area contributed by atoms with E-state index in [1.54, 1.807) is 7.05 Å². The van der Waals surface area contributed by atoms with Crippen LogP contribution in [-0.4, -0.2) is 22.6 Å². The summed E-state index contributed by atoms with van der Waals surface area (Å²) in [6.07, 6.45) is -0.216. The molecule has 3 aromatic rings. The van der Waals surface area contributed by atoms with Gasteiger partial charge in [-0.2, -0.15) is 18.4 Å². The second kappa shape index (κ2) is 9.42. The number of benzene rings is 2. The number of aromatic nitrogens is 1. The van der Waals surface area contributed by atoms with E-state index in [-0.39, 0.29) is 23.3 Å². The quantitative estimate of drug-likeness (QED) is 0.444. The zero-order valence-electron chi connectivity index (χ0n) is 20.7. The predicted octanol–water partition coefficient (Wildman–Crippen LogP) is 5.32. The van der Waals surface area contributed by atoms with E-state index in [1.165, 1.54) is 23.5 Å². The van der Waals surface area contributed by atoms with E-state index in [1.807, 2.05) is 24.3 Å². The minimum atomic E-state index is -4.51. The number of hydrogen-bond acceptors (Lipinski definition) is 5. The van der Waals surface area contributed by atoms with Crippen LogP contribution < -0.4 is 11.1 Å². The molecule has 5 rings (SSSR count). The zero-order valence-corrected chi connectivity index (χ0v) is 20.7. The molecule has 2 aliphatic rings. The Morgan fingerprint density at radius 1 is 1.24 bits per heavy atom. The average molecular weight is 511 g/mol. The van der Waals surface area contributed by atoms with Gasteiger partial charge in [-0.3, -0.25) is 9.47 Å².